The first-order valence-corrected chi connectivity index (χ1v) is 22.5. The fourth-order valence-corrected chi connectivity index (χ4v) is 9.17. The fraction of sp³-hybridized carbons (Fsp3) is 0.220. The Balaban J connectivity index is 0.000000581. The van der Waals surface area contributed by atoms with Gasteiger partial charge in [-0.15, -0.1) is 47.5 Å². The van der Waals surface area contributed by atoms with E-state index in [1.807, 2.05) is 30.5 Å². The summed E-state index contributed by atoms with van der Waals surface area (Å²) in [7, 11) is 0. The van der Waals surface area contributed by atoms with Crippen molar-refractivity contribution >= 4 is 5.97 Å². The van der Waals surface area contributed by atoms with Crippen LogP contribution in [-0.2, 0) is 25.5 Å². The topological polar surface area (TPSA) is 85.2 Å². The van der Waals surface area contributed by atoms with Crippen LogP contribution in [-0.4, -0.2) is 26.0 Å². The van der Waals surface area contributed by atoms with Gasteiger partial charge in [0.05, 0.1) is 11.1 Å². The van der Waals surface area contributed by atoms with E-state index in [-0.39, 0.29) is 25.8 Å². The first-order valence-electron chi connectivity index (χ1n) is 22.5. The van der Waals surface area contributed by atoms with Gasteiger partial charge in [-0.25, -0.2) is 9.78 Å². The Bertz CT molecular complexity index is 2780. The maximum Gasteiger partial charge on any atom is 0.354 e. The minimum absolute atomic E-state index is 0. The van der Waals surface area contributed by atoms with Gasteiger partial charge in [0.25, 0.3) is 0 Å². The number of fused-ring (bicyclic) bond motifs is 2. The molecule has 1 atom stereocenters. The van der Waals surface area contributed by atoms with Gasteiger partial charge >= 0.3 is 5.97 Å². The third-order valence-electron chi connectivity index (χ3n) is 12.3. The molecular weight excluding hydrogens is 991 g/mol. The van der Waals surface area contributed by atoms with Crippen molar-refractivity contribution in [3.8, 4) is 45.0 Å². The number of hydrogen-bond donors (Lipinski definition) is 1. The summed E-state index contributed by atoms with van der Waals surface area (Å²) < 4.78 is 7.22. The molecule has 0 bridgehead atoms. The van der Waals surface area contributed by atoms with Gasteiger partial charge in [0.15, 0.2) is 0 Å². The number of aromatic nitrogens is 3. The number of aromatic carboxylic acids is 1. The largest absolute Gasteiger partial charge is 0.516 e. The van der Waals surface area contributed by atoms with Crippen LogP contribution >= 0.6 is 0 Å². The van der Waals surface area contributed by atoms with Crippen LogP contribution in [0, 0.1) is 12.1 Å². The standard InChI is InChI=1S/C53H50N2O.C6H5NO2.Ir/c1-33(2)40-19-14-20-41(34(3)4)51(40)38-26-28-44-47(31-38)56-48-32-39(52-42(35(5)6)21-15-22-43(52)36(7)8)27-29-45(48)53(44,49-24-12-13-30-54-49)50-25-16-23-46(55-50)37-17-10-9-11-18-37;8-6(9)5-3-1-2-4-7-5;/h9-17,19-28,30-36H,1-8H3;1-4H,(H,8,9);/q-2;;/t53-;;/m0../s1. The molecule has 8 aromatic rings. The Hall–Kier alpha value is -6.53. The van der Waals surface area contributed by atoms with Crippen LogP contribution < -0.4 is 4.74 Å². The van der Waals surface area contributed by atoms with Crippen LogP contribution in [0.2, 0.25) is 0 Å². The van der Waals surface area contributed by atoms with Gasteiger partial charge in [-0.2, -0.15) is 12.1 Å². The maximum atomic E-state index is 10.1. The van der Waals surface area contributed by atoms with Crippen molar-refractivity contribution in [2.24, 2.45) is 0 Å². The second-order valence-corrected chi connectivity index (χ2v) is 17.9. The summed E-state index contributed by atoms with van der Waals surface area (Å²) in [6, 6.07) is 57.1. The molecule has 0 amide bonds. The second-order valence-electron chi connectivity index (χ2n) is 17.9. The number of ether oxygens (including phenoxy) is 1. The van der Waals surface area contributed by atoms with Gasteiger partial charge in [0.2, 0.25) is 0 Å². The maximum absolute atomic E-state index is 10.1. The summed E-state index contributed by atoms with van der Waals surface area (Å²) >= 11 is 0. The normalized spacial score (nSPS) is 13.9. The summed E-state index contributed by atoms with van der Waals surface area (Å²) in [4.78, 5) is 24.3. The third-order valence-corrected chi connectivity index (χ3v) is 12.3. The smallest absolute Gasteiger partial charge is 0.354 e. The van der Waals surface area contributed by atoms with Crippen LogP contribution in [0.25, 0.3) is 33.5 Å². The zero-order valence-corrected chi connectivity index (χ0v) is 41.2. The molecule has 1 aliphatic rings. The van der Waals surface area contributed by atoms with Gasteiger partial charge in [-0.05, 0) is 99.1 Å². The van der Waals surface area contributed by atoms with E-state index in [1.54, 1.807) is 12.1 Å². The molecule has 7 heteroatoms. The molecule has 0 spiro atoms. The summed E-state index contributed by atoms with van der Waals surface area (Å²) in [5.41, 5.74) is 14.6. The van der Waals surface area contributed by atoms with E-state index in [0.29, 0.717) is 23.7 Å². The molecule has 4 heterocycles. The predicted molar refractivity (Wildman–Crippen MR) is 262 cm³/mol. The van der Waals surface area contributed by atoms with E-state index in [0.717, 1.165) is 56.4 Å². The van der Waals surface area contributed by atoms with Gasteiger partial charge in [-0.3, -0.25) is 9.97 Å². The number of hydrogen-bond acceptors (Lipinski definition) is 5. The fourth-order valence-electron chi connectivity index (χ4n) is 9.17. The molecule has 3 aromatic heterocycles. The SMILES string of the molecule is CC(C)c1cccc(C(C)C)c1-c1c[c-]c2c(c1)Oc1cc(-c3c(C(C)C)cccc3C(C)C)ccc1[C@]2(c1ccccn1)c1cccc(-c2[c-]cccc2)n1.O=C(O)c1ccccn1.[Ir]. The van der Waals surface area contributed by atoms with Crippen LogP contribution in [0.4, 0.5) is 0 Å². The Morgan fingerprint density at radius 2 is 1.14 bits per heavy atom. The first kappa shape index (κ1) is 47.4. The van der Waals surface area contributed by atoms with Gasteiger partial charge in [0, 0.05) is 49.5 Å². The van der Waals surface area contributed by atoms with E-state index < -0.39 is 11.4 Å². The van der Waals surface area contributed by atoms with Crippen molar-refractivity contribution in [2.75, 3.05) is 0 Å². The zero-order valence-electron chi connectivity index (χ0n) is 38.8. The monoisotopic (exact) mass is 1050 g/mol. The molecule has 0 saturated heterocycles. The average molecular weight is 1050 g/mol. The second kappa shape index (κ2) is 20.3. The molecule has 6 nitrogen and oxygen atoms in total. The van der Waals surface area contributed by atoms with Crippen LogP contribution in [0.5, 0.6) is 11.5 Å². The number of nitrogens with zero attached hydrogens (tertiary/aromatic N) is 3. The summed E-state index contributed by atoms with van der Waals surface area (Å²) in [6.07, 6.45) is 3.33. The predicted octanol–water partition coefficient (Wildman–Crippen LogP) is 14.8. The summed E-state index contributed by atoms with van der Waals surface area (Å²) in [5, 5.41) is 8.32. The molecule has 0 unspecified atom stereocenters. The van der Waals surface area contributed by atoms with E-state index in [9.17, 15) is 4.79 Å². The first-order chi connectivity index (χ1) is 31.4. The molecule has 66 heavy (non-hydrogen) atoms. The molecule has 1 N–H and O–H groups in total. The molecular formula is C59H55IrN3O3-2. The molecule has 0 saturated carbocycles. The number of carbonyl (C=O) groups is 1. The van der Waals surface area contributed by atoms with E-state index >= 15 is 0 Å². The Morgan fingerprint density at radius 1 is 0.576 bits per heavy atom. The van der Waals surface area contributed by atoms with Gasteiger partial charge in [0.1, 0.15) is 11.4 Å². The molecule has 0 aliphatic carbocycles. The molecule has 1 aliphatic heterocycles. The Labute approximate surface area is 403 Å². The summed E-state index contributed by atoms with van der Waals surface area (Å²) in [5.74, 6) is 1.94. The zero-order chi connectivity index (χ0) is 45.8. The molecule has 335 valence electrons. The van der Waals surface area contributed by atoms with E-state index in [1.165, 1.54) is 45.6 Å². The molecule has 0 fully saturated rings. The van der Waals surface area contributed by atoms with Crippen molar-refractivity contribution in [3.63, 3.8) is 0 Å². The number of carboxylic acid groups (broad SMARTS) is 1. The third kappa shape index (κ3) is 9.16. The van der Waals surface area contributed by atoms with Crippen molar-refractivity contribution in [2.45, 2.75) is 84.5 Å². The minimum Gasteiger partial charge on any atom is -0.516 e. The van der Waals surface area contributed by atoms with E-state index in [4.69, 9.17) is 19.8 Å². The number of benzene rings is 5. The number of carboxylic acids is 1. The Morgan fingerprint density at radius 3 is 1.67 bits per heavy atom. The van der Waals surface area contributed by atoms with Crippen molar-refractivity contribution < 1.29 is 34.7 Å². The van der Waals surface area contributed by atoms with E-state index in [2.05, 4.69) is 176 Å². The van der Waals surface area contributed by atoms with Crippen LogP contribution in [0.1, 0.15) is 134 Å². The van der Waals surface area contributed by atoms with Gasteiger partial charge in [-0.1, -0.05) is 139 Å². The number of pyridine rings is 3. The van der Waals surface area contributed by atoms with Crippen molar-refractivity contribution in [1.82, 2.24) is 15.0 Å². The minimum atomic E-state index is -0.990. The molecule has 9 rings (SSSR count). The average Bonchev–Trinajstić information content (AvgIpc) is 3.33. The summed E-state index contributed by atoms with van der Waals surface area (Å²) in [6.45, 7) is 18.2. The Kier molecular flexibility index (Phi) is 14.6. The van der Waals surface area contributed by atoms with Crippen molar-refractivity contribution in [1.29, 1.82) is 0 Å². The number of rotatable bonds is 10. The quantitative estimate of drug-likeness (QED) is 0.137. The van der Waals surface area contributed by atoms with Crippen molar-refractivity contribution in [3.05, 3.63) is 221 Å². The van der Waals surface area contributed by atoms with Crippen LogP contribution in [0.3, 0.4) is 0 Å². The van der Waals surface area contributed by atoms with Crippen LogP contribution in [0.15, 0.2) is 158 Å². The van der Waals surface area contributed by atoms with Gasteiger partial charge < -0.3 is 9.84 Å². The molecule has 5 aromatic carbocycles. The molecule has 1 radical (unpaired) electrons.